The third-order valence-electron chi connectivity index (χ3n) is 3.02. The van der Waals surface area contributed by atoms with Crippen molar-refractivity contribution in [2.45, 2.75) is 13.3 Å². The largest absolute Gasteiger partial charge is 0.465 e. The van der Waals surface area contributed by atoms with Crippen molar-refractivity contribution in [2.24, 2.45) is 0 Å². The van der Waals surface area contributed by atoms with Crippen LogP contribution in [0.25, 0.3) is 0 Å². The number of benzene rings is 1. The van der Waals surface area contributed by atoms with Crippen molar-refractivity contribution >= 4 is 17.4 Å². The second-order valence-electron chi connectivity index (χ2n) is 4.81. The molecule has 0 fully saturated rings. The zero-order valence-electron chi connectivity index (χ0n) is 12.5. The zero-order chi connectivity index (χ0) is 16.1. The Morgan fingerprint density at radius 1 is 1.18 bits per heavy atom. The van der Waals surface area contributed by atoms with Gasteiger partial charge in [-0.2, -0.15) is 0 Å². The summed E-state index contributed by atoms with van der Waals surface area (Å²) in [5.41, 5.74) is 1.74. The average molecular weight is 299 g/mol. The summed E-state index contributed by atoms with van der Waals surface area (Å²) >= 11 is 0. The first kappa shape index (κ1) is 15.6. The quantitative estimate of drug-likeness (QED) is 0.652. The van der Waals surface area contributed by atoms with E-state index in [1.807, 2.05) is 0 Å². The molecule has 0 aliphatic heterocycles. The Bertz CT molecular complexity index is 698. The minimum atomic E-state index is -0.395. The van der Waals surface area contributed by atoms with Gasteiger partial charge >= 0.3 is 5.97 Å². The minimum Gasteiger partial charge on any atom is -0.465 e. The maximum atomic E-state index is 12.0. The highest BCUT2D eigenvalue weighted by molar-refractivity contribution is 5.95. The Kier molecular flexibility index (Phi) is 4.78. The molecule has 0 atom stereocenters. The molecule has 0 saturated carbocycles. The molecule has 1 aromatic carbocycles. The second-order valence-corrected chi connectivity index (χ2v) is 4.81. The molecule has 0 spiro atoms. The standard InChI is InChI=1S/C17H17NO4/c1-11(10-15(19)16-9-4-12(2)22-16)18-14-7-5-13(6-8-14)17(20)21-3/h4-9,18H,1,10H2,2-3H3. The smallest absolute Gasteiger partial charge is 0.337 e. The third-order valence-corrected chi connectivity index (χ3v) is 3.02. The van der Waals surface area contributed by atoms with Crippen LogP contribution >= 0.6 is 0 Å². The molecule has 0 unspecified atom stereocenters. The predicted octanol–water partition coefficient (Wildman–Crippen LogP) is 3.57. The fraction of sp³-hybridized carbons (Fsp3) is 0.176. The second kappa shape index (κ2) is 6.76. The van der Waals surface area contributed by atoms with Crippen LogP contribution in [0, 0.1) is 6.92 Å². The van der Waals surface area contributed by atoms with E-state index in [1.54, 1.807) is 43.3 Å². The van der Waals surface area contributed by atoms with Gasteiger partial charge in [-0.3, -0.25) is 4.79 Å². The van der Waals surface area contributed by atoms with E-state index in [-0.39, 0.29) is 12.2 Å². The molecule has 22 heavy (non-hydrogen) atoms. The highest BCUT2D eigenvalue weighted by atomic mass is 16.5. The van der Waals surface area contributed by atoms with Gasteiger partial charge < -0.3 is 14.5 Å². The Balaban J connectivity index is 1.94. The maximum Gasteiger partial charge on any atom is 0.337 e. The van der Waals surface area contributed by atoms with Crippen LogP contribution < -0.4 is 5.32 Å². The summed E-state index contributed by atoms with van der Waals surface area (Å²) in [6.45, 7) is 5.62. The van der Waals surface area contributed by atoms with Crippen molar-refractivity contribution in [3.63, 3.8) is 0 Å². The van der Waals surface area contributed by atoms with Gasteiger partial charge in [-0.05, 0) is 43.3 Å². The topological polar surface area (TPSA) is 68.5 Å². The third kappa shape index (κ3) is 3.85. The number of ketones is 1. The molecule has 2 aromatic rings. The van der Waals surface area contributed by atoms with Crippen molar-refractivity contribution < 1.29 is 18.7 Å². The molecule has 1 N–H and O–H groups in total. The molecule has 0 bridgehead atoms. The minimum absolute atomic E-state index is 0.131. The Hall–Kier alpha value is -2.82. The number of Topliss-reactive ketones (excluding diaryl/α,β-unsaturated/α-hetero) is 1. The molecular formula is C17H17NO4. The van der Waals surface area contributed by atoms with Crippen LogP contribution in [-0.2, 0) is 4.74 Å². The van der Waals surface area contributed by atoms with Crippen molar-refractivity contribution in [1.82, 2.24) is 0 Å². The molecule has 5 nitrogen and oxygen atoms in total. The van der Waals surface area contributed by atoms with Gasteiger partial charge in [0.05, 0.1) is 19.1 Å². The van der Waals surface area contributed by atoms with Gasteiger partial charge in [-0.15, -0.1) is 0 Å². The van der Waals surface area contributed by atoms with Gasteiger partial charge in [0.2, 0.25) is 5.78 Å². The number of methoxy groups -OCH3 is 1. The van der Waals surface area contributed by atoms with Crippen LogP contribution in [0.3, 0.4) is 0 Å². The first-order valence-electron chi connectivity index (χ1n) is 6.72. The van der Waals surface area contributed by atoms with E-state index >= 15 is 0 Å². The molecule has 0 amide bonds. The van der Waals surface area contributed by atoms with Crippen molar-refractivity contribution in [3.05, 3.63) is 65.8 Å². The number of hydrogen-bond donors (Lipinski definition) is 1. The van der Waals surface area contributed by atoms with Gasteiger partial charge in [0.25, 0.3) is 0 Å². The highest BCUT2D eigenvalue weighted by Crippen LogP contribution is 2.16. The van der Waals surface area contributed by atoms with E-state index in [9.17, 15) is 9.59 Å². The lowest BCUT2D eigenvalue weighted by Crippen LogP contribution is -2.06. The number of carbonyl (C=O) groups is 2. The lowest BCUT2D eigenvalue weighted by molar-refractivity contribution is 0.0600. The molecule has 1 heterocycles. The molecule has 1 aromatic heterocycles. The number of allylic oxidation sites excluding steroid dienone is 1. The first-order chi connectivity index (χ1) is 10.5. The highest BCUT2D eigenvalue weighted by Gasteiger charge is 2.12. The van der Waals surface area contributed by atoms with Gasteiger partial charge in [-0.25, -0.2) is 4.79 Å². The zero-order valence-corrected chi connectivity index (χ0v) is 12.5. The lowest BCUT2D eigenvalue weighted by atomic mass is 10.1. The summed E-state index contributed by atoms with van der Waals surface area (Å²) < 4.78 is 9.91. The number of nitrogens with one attached hydrogen (secondary N) is 1. The number of anilines is 1. The van der Waals surface area contributed by atoms with Crippen LogP contribution in [0.4, 0.5) is 5.69 Å². The van der Waals surface area contributed by atoms with E-state index in [2.05, 4.69) is 16.6 Å². The molecule has 0 aliphatic rings. The van der Waals surface area contributed by atoms with E-state index < -0.39 is 5.97 Å². The molecule has 0 saturated heterocycles. The summed E-state index contributed by atoms with van der Waals surface area (Å²) in [5.74, 6) is 0.479. The monoisotopic (exact) mass is 299 g/mol. The average Bonchev–Trinajstić information content (AvgIpc) is 2.94. The van der Waals surface area contributed by atoms with Crippen LogP contribution in [0.1, 0.15) is 33.1 Å². The molecule has 114 valence electrons. The van der Waals surface area contributed by atoms with E-state index in [0.717, 1.165) is 5.69 Å². The summed E-state index contributed by atoms with van der Waals surface area (Å²) in [7, 11) is 1.33. The van der Waals surface area contributed by atoms with Crippen molar-refractivity contribution in [2.75, 3.05) is 12.4 Å². The molecule has 0 radical (unpaired) electrons. The Labute approximate surface area is 128 Å². The van der Waals surface area contributed by atoms with Gasteiger partial charge in [0, 0.05) is 11.4 Å². The Morgan fingerprint density at radius 3 is 2.41 bits per heavy atom. The predicted molar refractivity (Wildman–Crippen MR) is 82.9 cm³/mol. The number of ether oxygens (including phenoxy) is 1. The number of hydrogen-bond acceptors (Lipinski definition) is 5. The number of rotatable bonds is 6. The Morgan fingerprint density at radius 2 is 1.86 bits per heavy atom. The number of esters is 1. The van der Waals surface area contributed by atoms with Crippen LogP contribution in [0.15, 0.2) is 53.1 Å². The number of aryl methyl sites for hydroxylation is 1. The molecular weight excluding hydrogens is 282 g/mol. The normalized spacial score (nSPS) is 10.1. The van der Waals surface area contributed by atoms with E-state index in [4.69, 9.17) is 4.42 Å². The van der Waals surface area contributed by atoms with E-state index in [0.29, 0.717) is 22.8 Å². The van der Waals surface area contributed by atoms with Crippen LogP contribution in [0.2, 0.25) is 0 Å². The fourth-order valence-electron chi connectivity index (χ4n) is 1.92. The SMILES string of the molecule is C=C(CC(=O)c1ccc(C)o1)Nc1ccc(C(=O)OC)cc1. The summed E-state index contributed by atoms with van der Waals surface area (Å²) in [5, 5.41) is 3.02. The van der Waals surface area contributed by atoms with Crippen LogP contribution in [-0.4, -0.2) is 18.9 Å². The number of carbonyl (C=O) groups excluding carboxylic acids is 2. The molecule has 0 aliphatic carbocycles. The lowest BCUT2D eigenvalue weighted by Gasteiger charge is -2.09. The van der Waals surface area contributed by atoms with Crippen LogP contribution in [0.5, 0.6) is 0 Å². The summed E-state index contributed by atoms with van der Waals surface area (Å²) in [6.07, 6.45) is 0.131. The summed E-state index contributed by atoms with van der Waals surface area (Å²) in [4.78, 5) is 23.3. The number of furan rings is 1. The van der Waals surface area contributed by atoms with Crippen molar-refractivity contribution in [1.29, 1.82) is 0 Å². The summed E-state index contributed by atoms with van der Waals surface area (Å²) in [6, 6.07) is 10.1. The molecule has 2 rings (SSSR count). The van der Waals surface area contributed by atoms with Gasteiger partial charge in [0.1, 0.15) is 5.76 Å². The fourth-order valence-corrected chi connectivity index (χ4v) is 1.92. The van der Waals surface area contributed by atoms with Gasteiger partial charge in [0.15, 0.2) is 5.76 Å². The first-order valence-corrected chi connectivity index (χ1v) is 6.72. The maximum absolute atomic E-state index is 12.0. The van der Waals surface area contributed by atoms with E-state index in [1.165, 1.54) is 7.11 Å². The van der Waals surface area contributed by atoms with Gasteiger partial charge in [-0.1, -0.05) is 6.58 Å². The molecule has 5 heteroatoms. The van der Waals surface area contributed by atoms with Crippen molar-refractivity contribution in [3.8, 4) is 0 Å².